The summed E-state index contributed by atoms with van der Waals surface area (Å²) in [6, 6.07) is 5.16. The number of phenols is 1. The molecule has 1 aromatic rings. The van der Waals surface area contributed by atoms with Gasteiger partial charge in [-0.15, -0.1) is 0 Å². The second kappa shape index (κ2) is 6.86. The highest BCUT2D eigenvalue weighted by Crippen LogP contribution is 2.36. The van der Waals surface area contributed by atoms with Crippen LogP contribution in [0.1, 0.15) is 19.4 Å². The number of carbonyl (C=O) groups is 1. The summed E-state index contributed by atoms with van der Waals surface area (Å²) in [5.41, 5.74) is 0.533. The Bertz CT molecular complexity index is 707. The highest BCUT2D eigenvalue weighted by Gasteiger charge is 2.31. The normalized spacial score (nSPS) is 26.0. The molecule has 0 bridgehead atoms. The zero-order chi connectivity index (χ0) is 17.3. The Morgan fingerprint density at radius 2 is 2.08 bits per heavy atom. The number of aliphatic imine (C=N–C) groups is 1. The van der Waals surface area contributed by atoms with Gasteiger partial charge in [-0.1, -0.05) is 12.1 Å². The van der Waals surface area contributed by atoms with Gasteiger partial charge in [0.2, 0.25) is 0 Å². The molecule has 6 nitrogen and oxygen atoms in total. The number of carbonyl (C=O) groups excluding carboxylic acids is 1. The maximum atomic E-state index is 12.2. The monoisotopic (exact) mass is 348 g/mol. The quantitative estimate of drug-likeness (QED) is 0.828. The Morgan fingerprint density at radius 3 is 2.75 bits per heavy atom. The van der Waals surface area contributed by atoms with E-state index in [1.165, 1.54) is 18.9 Å². The summed E-state index contributed by atoms with van der Waals surface area (Å²) in [7, 11) is 1.49. The topological polar surface area (TPSA) is 71.4 Å². The fourth-order valence-corrected chi connectivity index (χ4v) is 3.75. The molecule has 0 aliphatic carbocycles. The van der Waals surface area contributed by atoms with Gasteiger partial charge < -0.3 is 19.5 Å². The van der Waals surface area contributed by atoms with E-state index in [4.69, 9.17) is 9.47 Å². The number of thioether (sulfide) groups is 1. The SMILES string of the molecule is COc1cccc(/C=C2\SC(N3CC(C)OC(C)C3)=NC2=O)c1O. The van der Waals surface area contributed by atoms with Crippen LogP contribution in [0.2, 0.25) is 0 Å². The van der Waals surface area contributed by atoms with Gasteiger partial charge in [0.25, 0.3) is 5.91 Å². The zero-order valence-corrected chi connectivity index (χ0v) is 14.7. The number of amides is 1. The van der Waals surface area contributed by atoms with Gasteiger partial charge in [0.15, 0.2) is 16.7 Å². The van der Waals surface area contributed by atoms with Crippen molar-refractivity contribution < 1.29 is 19.4 Å². The van der Waals surface area contributed by atoms with Gasteiger partial charge >= 0.3 is 0 Å². The molecule has 2 heterocycles. The molecular weight excluding hydrogens is 328 g/mol. The third-order valence-electron chi connectivity index (χ3n) is 3.84. The zero-order valence-electron chi connectivity index (χ0n) is 13.9. The molecule has 128 valence electrons. The Kier molecular flexibility index (Phi) is 4.82. The van der Waals surface area contributed by atoms with Crippen molar-refractivity contribution in [2.24, 2.45) is 4.99 Å². The fourth-order valence-electron chi connectivity index (χ4n) is 2.83. The maximum absolute atomic E-state index is 12.2. The van der Waals surface area contributed by atoms with Crippen LogP contribution in [0.15, 0.2) is 28.1 Å². The van der Waals surface area contributed by atoms with Crippen LogP contribution >= 0.6 is 11.8 Å². The summed E-state index contributed by atoms with van der Waals surface area (Å²) in [5, 5.41) is 10.9. The van der Waals surface area contributed by atoms with Gasteiger partial charge in [0.05, 0.1) is 24.2 Å². The molecule has 7 heteroatoms. The third kappa shape index (κ3) is 3.42. The number of rotatable bonds is 2. The third-order valence-corrected chi connectivity index (χ3v) is 4.88. The molecule has 1 aromatic carbocycles. The first-order chi connectivity index (χ1) is 11.5. The molecular formula is C17H20N2O4S. The van der Waals surface area contributed by atoms with Crippen molar-refractivity contribution in [3.8, 4) is 11.5 Å². The lowest BCUT2D eigenvalue weighted by molar-refractivity contribution is -0.113. The van der Waals surface area contributed by atoms with Crippen LogP contribution in [0.25, 0.3) is 6.08 Å². The molecule has 2 aliphatic rings. The number of ether oxygens (including phenoxy) is 2. The van der Waals surface area contributed by atoms with Crippen LogP contribution in [-0.4, -0.2) is 53.5 Å². The minimum absolute atomic E-state index is 0.0166. The lowest BCUT2D eigenvalue weighted by Gasteiger charge is -2.35. The minimum atomic E-state index is -0.288. The van der Waals surface area contributed by atoms with E-state index in [1.54, 1.807) is 24.3 Å². The highest BCUT2D eigenvalue weighted by atomic mass is 32.2. The van der Waals surface area contributed by atoms with Crippen LogP contribution in [-0.2, 0) is 9.53 Å². The molecule has 1 N–H and O–H groups in total. The Hall–Kier alpha value is -1.99. The summed E-state index contributed by atoms with van der Waals surface area (Å²) >= 11 is 1.33. The standard InChI is InChI=1S/C17H20N2O4S/c1-10-8-19(9-11(2)23-10)17-18-16(21)14(24-17)7-12-5-4-6-13(22-3)15(12)20/h4-7,10-11,20H,8-9H2,1-3H3/b14-7-. The largest absolute Gasteiger partial charge is 0.504 e. The predicted molar refractivity (Wildman–Crippen MR) is 94.3 cm³/mol. The molecule has 24 heavy (non-hydrogen) atoms. The van der Waals surface area contributed by atoms with Gasteiger partial charge in [-0.3, -0.25) is 4.79 Å². The van der Waals surface area contributed by atoms with Crippen molar-refractivity contribution >= 4 is 28.9 Å². The fraction of sp³-hybridized carbons (Fsp3) is 0.412. The van der Waals surface area contributed by atoms with Crippen molar-refractivity contribution in [2.45, 2.75) is 26.1 Å². The molecule has 3 rings (SSSR count). The molecule has 2 unspecified atom stereocenters. The first-order valence-electron chi connectivity index (χ1n) is 7.77. The summed E-state index contributed by atoms with van der Waals surface area (Å²) in [6.45, 7) is 5.44. The highest BCUT2D eigenvalue weighted by molar-refractivity contribution is 8.18. The van der Waals surface area contributed by atoms with E-state index in [9.17, 15) is 9.90 Å². The summed E-state index contributed by atoms with van der Waals surface area (Å²) in [6.07, 6.45) is 1.85. The first-order valence-corrected chi connectivity index (χ1v) is 8.58. The van der Waals surface area contributed by atoms with Crippen LogP contribution in [0.4, 0.5) is 0 Å². The summed E-state index contributed by atoms with van der Waals surface area (Å²) < 4.78 is 10.8. The van der Waals surface area contributed by atoms with E-state index in [-0.39, 0.29) is 23.9 Å². The Balaban J connectivity index is 1.80. The average Bonchev–Trinajstić information content (AvgIpc) is 2.89. The Morgan fingerprint density at radius 1 is 1.38 bits per heavy atom. The Labute approximate surface area is 145 Å². The number of nitrogens with zero attached hydrogens (tertiary/aromatic N) is 2. The van der Waals surface area contributed by atoms with E-state index >= 15 is 0 Å². The average molecular weight is 348 g/mol. The predicted octanol–water partition coefficient (Wildman–Crippen LogP) is 2.48. The van der Waals surface area contributed by atoms with Crippen LogP contribution in [0.3, 0.4) is 0 Å². The van der Waals surface area contributed by atoms with Crippen molar-refractivity contribution in [1.29, 1.82) is 0 Å². The van der Waals surface area contributed by atoms with Crippen molar-refractivity contribution in [1.82, 2.24) is 4.90 Å². The first kappa shape index (κ1) is 16.9. The summed E-state index contributed by atoms with van der Waals surface area (Å²) in [4.78, 5) is 18.9. The lowest BCUT2D eigenvalue weighted by Crippen LogP contribution is -2.47. The smallest absolute Gasteiger partial charge is 0.286 e. The van der Waals surface area contributed by atoms with Gasteiger partial charge in [-0.05, 0) is 37.8 Å². The number of benzene rings is 1. The van der Waals surface area contributed by atoms with Crippen molar-refractivity contribution in [3.05, 3.63) is 28.7 Å². The molecule has 0 radical (unpaired) electrons. The summed E-state index contributed by atoms with van der Waals surface area (Å²) in [5.74, 6) is 0.101. The number of hydrogen-bond acceptors (Lipinski definition) is 6. The molecule has 2 aliphatic heterocycles. The minimum Gasteiger partial charge on any atom is -0.504 e. The number of methoxy groups -OCH3 is 1. The van der Waals surface area contributed by atoms with Gasteiger partial charge in [-0.2, -0.15) is 4.99 Å². The number of para-hydroxylation sites is 1. The van der Waals surface area contributed by atoms with Crippen molar-refractivity contribution in [3.63, 3.8) is 0 Å². The molecule has 1 saturated heterocycles. The van der Waals surface area contributed by atoms with E-state index in [0.717, 1.165) is 0 Å². The van der Waals surface area contributed by atoms with E-state index in [1.807, 2.05) is 13.8 Å². The second-order valence-corrected chi connectivity index (χ2v) is 6.88. The number of aromatic hydroxyl groups is 1. The van der Waals surface area contributed by atoms with Crippen LogP contribution in [0, 0.1) is 0 Å². The van der Waals surface area contributed by atoms with Crippen molar-refractivity contribution in [2.75, 3.05) is 20.2 Å². The number of hydrogen-bond donors (Lipinski definition) is 1. The molecule has 1 amide bonds. The molecule has 0 spiro atoms. The molecule has 0 saturated carbocycles. The number of phenolic OH excluding ortho intramolecular Hbond substituents is 1. The van der Waals surface area contributed by atoms with Crippen LogP contribution < -0.4 is 4.74 Å². The van der Waals surface area contributed by atoms with Gasteiger partial charge in [0.1, 0.15) is 0 Å². The van der Waals surface area contributed by atoms with Gasteiger partial charge in [-0.25, -0.2) is 0 Å². The van der Waals surface area contributed by atoms with E-state index in [0.29, 0.717) is 34.5 Å². The van der Waals surface area contributed by atoms with Crippen LogP contribution in [0.5, 0.6) is 11.5 Å². The molecule has 2 atom stereocenters. The van der Waals surface area contributed by atoms with Gasteiger partial charge in [0, 0.05) is 18.7 Å². The number of morpholine rings is 1. The molecule has 1 fully saturated rings. The maximum Gasteiger partial charge on any atom is 0.286 e. The lowest BCUT2D eigenvalue weighted by atomic mass is 10.1. The van der Waals surface area contributed by atoms with E-state index < -0.39 is 0 Å². The van der Waals surface area contributed by atoms with E-state index in [2.05, 4.69) is 9.89 Å². The second-order valence-electron chi connectivity index (χ2n) is 5.87. The number of amidine groups is 1. The molecule has 0 aromatic heterocycles.